The molecule has 1 aromatic rings. The molecule has 0 aromatic heterocycles. The van der Waals surface area contributed by atoms with Crippen LogP contribution >= 0.6 is 0 Å². The highest BCUT2D eigenvalue weighted by atomic mass is 19.4. The van der Waals surface area contributed by atoms with Crippen molar-refractivity contribution in [1.29, 1.82) is 0 Å². The Morgan fingerprint density at radius 2 is 2.05 bits per heavy atom. The molecule has 3 nitrogen and oxygen atoms in total. The Morgan fingerprint density at radius 3 is 2.57 bits per heavy atom. The number of carbonyl (C=O) groups is 1. The highest BCUT2D eigenvalue weighted by Gasteiger charge is 2.37. The van der Waals surface area contributed by atoms with Crippen LogP contribution in [0.1, 0.15) is 42.1 Å². The van der Waals surface area contributed by atoms with Gasteiger partial charge in [0.25, 0.3) is 5.91 Å². The van der Waals surface area contributed by atoms with Gasteiger partial charge in [0.1, 0.15) is 0 Å². The lowest BCUT2D eigenvalue weighted by molar-refractivity contribution is -0.137. The van der Waals surface area contributed by atoms with E-state index in [0.717, 1.165) is 18.9 Å². The first-order valence-corrected chi connectivity index (χ1v) is 7.07. The molecule has 0 spiro atoms. The van der Waals surface area contributed by atoms with Crippen molar-refractivity contribution in [2.45, 2.75) is 38.4 Å². The Balaban J connectivity index is 2.41. The van der Waals surface area contributed by atoms with E-state index in [2.05, 4.69) is 5.32 Å². The molecule has 0 saturated heterocycles. The monoisotopic (exact) mass is 300 g/mol. The van der Waals surface area contributed by atoms with Gasteiger partial charge in [-0.05, 0) is 31.4 Å². The van der Waals surface area contributed by atoms with Gasteiger partial charge in [0.2, 0.25) is 0 Å². The second-order valence-electron chi connectivity index (χ2n) is 5.30. The number of halogens is 3. The third kappa shape index (κ3) is 3.49. The topological polar surface area (TPSA) is 32.3 Å². The molecule has 1 saturated carbocycles. The van der Waals surface area contributed by atoms with Gasteiger partial charge in [0.05, 0.1) is 16.8 Å². The summed E-state index contributed by atoms with van der Waals surface area (Å²) in [5.74, 6) is -0.359. The number of carbonyl (C=O) groups excluding carboxylic acids is 1. The Morgan fingerprint density at radius 1 is 1.38 bits per heavy atom. The molecule has 6 heteroatoms. The summed E-state index contributed by atoms with van der Waals surface area (Å²) in [6, 6.07) is 3.90. The van der Waals surface area contributed by atoms with E-state index < -0.39 is 11.7 Å². The van der Waals surface area contributed by atoms with Crippen molar-refractivity contribution in [2.75, 3.05) is 18.9 Å². The van der Waals surface area contributed by atoms with Crippen LogP contribution in [0.5, 0.6) is 0 Å². The van der Waals surface area contributed by atoms with Crippen LogP contribution in [0.2, 0.25) is 0 Å². The SMILES string of the molecule is CCCNc1c(C(=O)N(C)C2CC2)cccc1C(F)(F)F. The van der Waals surface area contributed by atoms with E-state index in [0.29, 0.717) is 13.0 Å². The van der Waals surface area contributed by atoms with Crippen LogP contribution < -0.4 is 5.32 Å². The molecular weight excluding hydrogens is 281 g/mol. The average molecular weight is 300 g/mol. The molecule has 1 aliphatic carbocycles. The zero-order valence-corrected chi connectivity index (χ0v) is 12.1. The Bertz CT molecular complexity index is 524. The minimum absolute atomic E-state index is 0.0904. The normalized spacial score (nSPS) is 14.9. The van der Waals surface area contributed by atoms with E-state index in [1.165, 1.54) is 17.0 Å². The van der Waals surface area contributed by atoms with Gasteiger partial charge in [0.15, 0.2) is 0 Å². The van der Waals surface area contributed by atoms with Crippen molar-refractivity contribution >= 4 is 11.6 Å². The van der Waals surface area contributed by atoms with Crippen molar-refractivity contribution in [3.63, 3.8) is 0 Å². The zero-order valence-electron chi connectivity index (χ0n) is 12.1. The molecule has 116 valence electrons. The van der Waals surface area contributed by atoms with Gasteiger partial charge >= 0.3 is 6.18 Å². The number of alkyl halides is 3. The second kappa shape index (κ2) is 5.95. The zero-order chi connectivity index (χ0) is 15.6. The predicted molar refractivity (Wildman–Crippen MR) is 75.3 cm³/mol. The molecule has 1 amide bonds. The molecule has 1 aliphatic rings. The smallest absolute Gasteiger partial charge is 0.384 e. The molecule has 2 rings (SSSR count). The van der Waals surface area contributed by atoms with Crippen LogP contribution in [-0.4, -0.2) is 30.4 Å². The van der Waals surface area contributed by atoms with Gasteiger partial charge < -0.3 is 10.2 Å². The van der Waals surface area contributed by atoms with Crippen molar-refractivity contribution in [3.05, 3.63) is 29.3 Å². The van der Waals surface area contributed by atoms with Gasteiger partial charge in [-0.2, -0.15) is 13.2 Å². The third-order valence-electron chi connectivity index (χ3n) is 3.57. The van der Waals surface area contributed by atoms with Crippen LogP contribution in [0, 0.1) is 0 Å². The maximum absolute atomic E-state index is 13.1. The van der Waals surface area contributed by atoms with Crippen molar-refractivity contribution < 1.29 is 18.0 Å². The summed E-state index contributed by atoms with van der Waals surface area (Å²) in [6.07, 6.45) is -1.97. The van der Waals surface area contributed by atoms with Gasteiger partial charge in [-0.25, -0.2) is 0 Å². The largest absolute Gasteiger partial charge is 0.418 e. The Kier molecular flexibility index (Phi) is 4.44. The van der Waals surface area contributed by atoms with Gasteiger partial charge in [-0.15, -0.1) is 0 Å². The Hall–Kier alpha value is -1.72. The lowest BCUT2D eigenvalue weighted by atomic mass is 10.0. The van der Waals surface area contributed by atoms with Crippen LogP contribution in [0.25, 0.3) is 0 Å². The standard InChI is InChI=1S/C15H19F3N2O/c1-3-9-19-13-11(14(21)20(2)10-7-8-10)5-4-6-12(13)15(16,17)18/h4-6,10,19H,3,7-9H2,1-2H3. The number of rotatable bonds is 5. The van der Waals surface area contributed by atoms with Crippen LogP contribution in [-0.2, 0) is 6.18 Å². The van der Waals surface area contributed by atoms with Crippen LogP contribution in [0.15, 0.2) is 18.2 Å². The molecule has 0 atom stereocenters. The number of para-hydroxylation sites is 1. The number of nitrogens with one attached hydrogen (secondary N) is 1. The fraction of sp³-hybridized carbons (Fsp3) is 0.533. The molecule has 1 N–H and O–H groups in total. The lowest BCUT2D eigenvalue weighted by Gasteiger charge is -2.21. The summed E-state index contributed by atoms with van der Waals surface area (Å²) in [7, 11) is 1.64. The van der Waals surface area contributed by atoms with Crippen molar-refractivity contribution in [2.24, 2.45) is 0 Å². The van der Waals surface area contributed by atoms with E-state index >= 15 is 0 Å². The predicted octanol–water partition coefficient (Wildman–Crippen LogP) is 3.76. The summed E-state index contributed by atoms with van der Waals surface area (Å²) in [5.41, 5.74) is -0.803. The molecule has 0 radical (unpaired) electrons. The quantitative estimate of drug-likeness (QED) is 0.898. The highest BCUT2D eigenvalue weighted by molar-refractivity contribution is 6.00. The number of anilines is 1. The molecular formula is C15H19F3N2O. The van der Waals surface area contributed by atoms with E-state index in [4.69, 9.17) is 0 Å². The Labute approximate surface area is 122 Å². The molecule has 0 bridgehead atoms. The average Bonchev–Trinajstić information content (AvgIpc) is 3.26. The fourth-order valence-electron chi connectivity index (χ4n) is 2.22. The first-order chi connectivity index (χ1) is 9.86. The number of nitrogens with zero attached hydrogens (tertiary/aromatic N) is 1. The lowest BCUT2D eigenvalue weighted by Crippen LogP contribution is -2.30. The molecule has 21 heavy (non-hydrogen) atoms. The summed E-state index contributed by atoms with van der Waals surface area (Å²) >= 11 is 0. The van der Waals surface area contributed by atoms with Crippen LogP contribution in [0.4, 0.5) is 18.9 Å². The van der Waals surface area contributed by atoms with E-state index in [9.17, 15) is 18.0 Å². The summed E-state index contributed by atoms with van der Waals surface area (Å²) in [5, 5.41) is 2.77. The van der Waals surface area contributed by atoms with Gasteiger partial charge in [-0.1, -0.05) is 13.0 Å². The summed E-state index contributed by atoms with van der Waals surface area (Å²) in [6.45, 7) is 2.25. The number of hydrogen-bond donors (Lipinski definition) is 1. The van der Waals surface area contributed by atoms with E-state index in [1.807, 2.05) is 6.92 Å². The van der Waals surface area contributed by atoms with Crippen molar-refractivity contribution in [3.8, 4) is 0 Å². The third-order valence-corrected chi connectivity index (χ3v) is 3.57. The molecule has 0 heterocycles. The minimum Gasteiger partial charge on any atom is -0.384 e. The maximum Gasteiger partial charge on any atom is 0.418 e. The fourth-order valence-corrected chi connectivity index (χ4v) is 2.22. The van der Waals surface area contributed by atoms with E-state index in [-0.39, 0.29) is 23.2 Å². The van der Waals surface area contributed by atoms with Crippen molar-refractivity contribution in [1.82, 2.24) is 4.90 Å². The van der Waals surface area contributed by atoms with Gasteiger partial charge in [0, 0.05) is 19.6 Å². The molecule has 1 fully saturated rings. The highest BCUT2D eigenvalue weighted by Crippen LogP contribution is 2.37. The maximum atomic E-state index is 13.1. The minimum atomic E-state index is -4.48. The van der Waals surface area contributed by atoms with E-state index in [1.54, 1.807) is 7.05 Å². The summed E-state index contributed by atoms with van der Waals surface area (Å²) in [4.78, 5) is 13.9. The number of benzene rings is 1. The first-order valence-electron chi connectivity index (χ1n) is 7.07. The molecule has 0 unspecified atom stereocenters. The molecule has 1 aromatic carbocycles. The molecule has 0 aliphatic heterocycles. The number of hydrogen-bond acceptors (Lipinski definition) is 2. The van der Waals surface area contributed by atoms with Crippen LogP contribution in [0.3, 0.4) is 0 Å². The van der Waals surface area contributed by atoms with Gasteiger partial charge in [-0.3, -0.25) is 4.79 Å². The second-order valence-corrected chi connectivity index (χ2v) is 5.30. The first kappa shape index (κ1) is 15.7. The summed E-state index contributed by atoms with van der Waals surface area (Å²) < 4.78 is 39.4. The number of amides is 1.